The van der Waals surface area contributed by atoms with Crippen LogP contribution in [-0.4, -0.2) is 47.0 Å². The Bertz CT molecular complexity index is 175. The summed E-state index contributed by atoms with van der Waals surface area (Å²) in [7, 11) is 0. The average molecular weight is 215 g/mol. The summed E-state index contributed by atoms with van der Waals surface area (Å²) in [5.74, 6) is 0.260. The Morgan fingerprint density at radius 2 is 1.87 bits per heavy atom. The summed E-state index contributed by atoms with van der Waals surface area (Å²) >= 11 is 0. The van der Waals surface area contributed by atoms with E-state index in [1.165, 1.54) is 12.8 Å². The van der Waals surface area contributed by atoms with Crippen molar-refractivity contribution in [2.24, 2.45) is 5.92 Å². The molecule has 1 saturated heterocycles. The third-order valence-electron chi connectivity index (χ3n) is 3.30. The first-order valence-electron chi connectivity index (χ1n) is 6.27. The van der Waals surface area contributed by atoms with Crippen LogP contribution in [0.5, 0.6) is 0 Å². The molecular formula is C12H25NO2. The summed E-state index contributed by atoms with van der Waals surface area (Å²) in [5, 5.41) is 19.6. The van der Waals surface area contributed by atoms with Crippen LogP contribution in [-0.2, 0) is 0 Å². The Labute approximate surface area is 93.1 Å². The SMILES string of the molecule is CCCCN1C[C@@H](CCC)[C@@H](O)[C@H](O)C1. The summed E-state index contributed by atoms with van der Waals surface area (Å²) < 4.78 is 0. The third kappa shape index (κ3) is 3.74. The molecule has 15 heavy (non-hydrogen) atoms. The van der Waals surface area contributed by atoms with E-state index in [0.717, 1.165) is 25.9 Å². The van der Waals surface area contributed by atoms with E-state index in [4.69, 9.17) is 0 Å². The zero-order valence-corrected chi connectivity index (χ0v) is 10.0. The summed E-state index contributed by atoms with van der Waals surface area (Å²) in [4.78, 5) is 2.29. The lowest BCUT2D eigenvalue weighted by Gasteiger charge is -2.39. The van der Waals surface area contributed by atoms with Crippen LogP contribution < -0.4 is 0 Å². The molecule has 1 rings (SSSR count). The molecule has 1 aliphatic heterocycles. The highest BCUT2D eigenvalue weighted by Crippen LogP contribution is 2.22. The van der Waals surface area contributed by atoms with Crippen LogP contribution in [0.1, 0.15) is 39.5 Å². The van der Waals surface area contributed by atoms with Crippen LogP contribution in [0.4, 0.5) is 0 Å². The number of likely N-dealkylation sites (tertiary alicyclic amines) is 1. The highest BCUT2D eigenvalue weighted by atomic mass is 16.3. The van der Waals surface area contributed by atoms with Crippen molar-refractivity contribution >= 4 is 0 Å². The van der Waals surface area contributed by atoms with Gasteiger partial charge in [-0.2, -0.15) is 0 Å². The number of β-amino-alcohol motifs (C(OH)–C–C–N with tert-alkyl or cyclic N) is 1. The van der Waals surface area contributed by atoms with Gasteiger partial charge in [0.15, 0.2) is 0 Å². The Balaban J connectivity index is 2.43. The smallest absolute Gasteiger partial charge is 0.0928 e. The van der Waals surface area contributed by atoms with Crippen LogP contribution in [0.15, 0.2) is 0 Å². The quantitative estimate of drug-likeness (QED) is 0.725. The Morgan fingerprint density at radius 3 is 2.47 bits per heavy atom. The molecule has 0 saturated carbocycles. The fraction of sp³-hybridized carbons (Fsp3) is 1.00. The van der Waals surface area contributed by atoms with Gasteiger partial charge in [0, 0.05) is 19.0 Å². The van der Waals surface area contributed by atoms with Gasteiger partial charge < -0.3 is 15.1 Å². The number of piperidine rings is 1. The summed E-state index contributed by atoms with van der Waals surface area (Å²) in [5.41, 5.74) is 0. The van der Waals surface area contributed by atoms with Crippen molar-refractivity contribution in [2.75, 3.05) is 19.6 Å². The number of hydrogen-bond acceptors (Lipinski definition) is 3. The first kappa shape index (κ1) is 12.9. The second-order valence-electron chi connectivity index (χ2n) is 4.72. The van der Waals surface area contributed by atoms with Gasteiger partial charge in [-0.3, -0.25) is 0 Å². The van der Waals surface area contributed by atoms with Gasteiger partial charge in [-0.25, -0.2) is 0 Å². The molecule has 0 aromatic heterocycles. The van der Waals surface area contributed by atoms with Crippen molar-refractivity contribution in [2.45, 2.75) is 51.7 Å². The number of aliphatic hydroxyl groups excluding tert-OH is 2. The van der Waals surface area contributed by atoms with E-state index in [1.54, 1.807) is 0 Å². The molecule has 0 aliphatic carbocycles. The second-order valence-corrected chi connectivity index (χ2v) is 4.72. The van der Waals surface area contributed by atoms with Gasteiger partial charge in [-0.1, -0.05) is 26.7 Å². The summed E-state index contributed by atoms with van der Waals surface area (Å²) in [6.45, 7) is 6.96. The number of rotatable bonds is 5. The van der Waals surface area contributed by atoms with Gasteiger partial charge in [0.2, 0.25) is 0 Å². The molecule has 3 nitrogen and oxygen atoms in total. The van der Waals surface area contributed by atoms with E-state index in [1.807, 2.05) is 0 Å². The summed E-state index contributed by atoms with van der Waals surface area (Å²) in [6, 6.07) is 0. The molecule has 2 N–H and O–H groups in total. The van der Waals surface area contributed by atoms with Gasteiger partial charge in [0.1, 0.15) is 0 Å². The van der Waals surface area contributed by atoms with Crippen molar-refractivity contribution in [3.63, 3.8) is 0 Å². The lowest BCUT2D eigenvalue weighted by Crippen LogP contribution is -2.52. The molecule has 0 unspecified atom stereocenters. The molecule has 0 aromatic carbocycles. The minimum atomic E-state index is -0.549. The maximum Gasteiger partial charge on any atom is 0.0928 e. The predicted molar refractivity (Wildman–Crippen MR) is 61.8 cm³/mol. The van der Waals surface area contributed by atoms with Crippen molar-refractivity contribution in [3.8, 4) is 0 Å². The molecular weight excluding hydrogens is 190 g/mol. The molecule has 3 heteroatoms. The first-order valence-corrected chi connectivity index (χ1v) is 6.27. The zero-order valence-electron chi connectivity index (χ0n) is 10.0. The fourth-order valence-electron chi connectivity index (χ4n) is 2.40. The predicted octanol–water partition coefficient (Wildman–Crippen LogP) is 1.24. The van der Waals surface area contributed by atoms with Crippen LogP contribution in [0.3, 0.4) is 0 Å². The standard InChI is InChI=1S/C12H25NO2/c1-3-5-7-13-8-10(6-4-2)12(15)11(14)9-13/h10-12,14-15H,3-9H2,1-2H3/t10-,11-,12-/m1/s1. The molecule has 0 bridgehead atoms. The molecule has 1 aliphatic rings. The molecule has 0 amide bonds. The topological polar surface area (TPSA) is 43.7 Å². The number of aliphatic hydroxyl groups is 2. The molecule has 0 radical (unpaired) electrons. The molecule has 90 valence electrons. The highest BCUT2D eigenvalue weighted by molar-refractivity contribution is 4.86. The lowest BCUT2D eigenvalue weighted by atomic mass is 9.89. The molecule has 1 fully saturated rings. The van der Waals surface area contributed by atoms with E-state index < -0.39 is 12.2 Å². The largest absolute Gasteiger partial charge is 0.390 e. The monoisotopic (exact) mass is 215 g/mol. The Morgan fingerprint density at radius 1 is 1.13 bits per heavy atom. The molecule has 0 spiro atoms. The minimum Gasteiger partial charge on any atom is -0.390 e. The van der Waals surface area contributed by atoms with E-state index in [-0.39, 0.29) is 5.92 Å². The van der Waals surface area contributed by atoms with E-state index in [0.29, 0.717) is 6.54 Å². The number of hydrogen-bond donors (Lipinski definition) is 2. The summed E-state index contributed by atoms with van der Waals surface area (Å²) in [6.07, 6.45) is 3.40. The Hall–Kier alpha value is -0.120. The van der Waals surface area contributed by atoms with Crippen molar-refractivity contribution in [1.29, 1.82) is 0 Å². The van der Waals surface area contributed by atoms with Crippen LogP contribution >= 0.6 is 0 Å². The normalized spacial score (nSPS) is 33.2. The van der Waals surface area contributed by atoms with Gasteiger partial charge >= 0.3 is 0 Å². The van der Waals surface area contributed by atoms with Crippen molar-refractivity contribution < 1.29 is 10.2 Å². The minimum absolute atomic E-state index is 0.260. The van der Waals surface area contributed by atoms with Gasteiger partial charge in [0.05, 0.1) is 12.2 Å². The lowest BCUT2D eigenvalue weighted by molar-refractivity contribution is -0.0760. The average Bonchev–Trinajstić information content (AvgIpc) is 2.22. The first-order chi connectivity index (χ1) is 7.19. The van der Waals surface area contributed by atoms with Crippen LogP contribution in [0.2, 0.25) is 0 Å². The zero-order chi connectivity index (χ0) is 11.3. The van der Waals surface area contributed by atoms with Crippen molar-refractivity contribution in [1.82, 2.24) is 4.90 Å². The van der Waals surface area contributed by atoms with E-state index >= 15 is 0 Å². The van der Waals surface area contributed by atoms with Crippen LogP contribution in [0.25, 0.3) is 0 Å². The van der Waals surface area contributed by atoms with Gasteiger partial charge in [-0.15, -0.1) is 0 Å². The maximum absolute atomic E-state index is 9.84. The number of nitrogens with zero attached hydrogens (tertiary/aromatic N) is 1. The maximum atomic E-state index is 9.84. The highest BCUT2D eigenvalue weighted by Gasteiger charge is 2.33. The molecule has 3 atom stereocenters. The van der Waals surface area contributed by atoms with E-state index in [2.05, 4.69) is 18.7 Å². The molecule has 0 aromatic rings. The van der Waals surface area contributed by atoms with Gasteiger partial charge in [-0.05, 0) is 19.4 Å². The van der Waals surface area contributed by atoms with Crippen LogP contribution in [0, 0.1) is 5.92 Å². The third-order valence-corrected chi connectivity index (χ3v) is 3.30. The second kappa shape index (κ2) is 6.46. The number of unbranched alkanes of at least 4 members (excludes halogenated alkanes) is 1. The van der Waals surface area contributed by atoms with Crippen molar-refractivity contribution in [3.05, 3.63) is 0 Å². The van der Waals surface area contributed by atoms with E-state index in [9.17, 15) is 10.2 Å². The fourth-order valence-corrected chi connectivity index (χ4v) is 2.40. The Kier molecular flexibility index (Phi) is 5.58. The van der Waals surface area contributed by atoms with Gasteiger partial charge in [0.25, 0.3) is 0 Å². The molecule has 1 heterocycles.